The summed E-state index contributed by atoms with van der Waals surface area (Å²) in [5.74, 6) is 4.34. The van der Waals surface area contributed by atoms with Crippen molar-refractivity contribution in [1.29, 1.82) is 0 Å². The van der Waals surface area contributed by atoms with E-state index in [9.17, 15) is 14.9 Å². The van der Waals surface area contributed by atoms with Crippen molar-refractivity contribution in [2.75, 3.05) is 12.5 Å². The number of anilines is 1. The molecule has 0 saturated heterocycles. The number of hydrogen-bond acceptors (Lipinski definition) is 6. The highest BCUT2D eigenvalue weighted by atomic mass is 16.6. The number of nitrogens with zero attached hydrogens (tertiary/aromatic N) is 1. The third kappa shape index (κ3) is 2.20. The first kappa shape index (κ1) is 10.9. The SMILES string of the molecule is COC(=O)c1cc(NN)ccc1[N+](=O)[O-]. The van der Waals surface area contributed by atoms with E-state index in [2.05, 4.69) is 10.2 Å². The second-order valence-electron chi connectivity index (χ2n) is 2.62. The molecule has 0 fully saturated rings. The number of nitrogens with one attached hydrogen (secondary N) is 1. The predicted octanol–water partition coefficient (Wildman–Crippen LogP) is 0.667. The summed E-state index contributed by atoms with van der Waals surface area (Å²) in [6, 6.07) is 3.83. The third-order valence-corrected chi connectivity index (χ3v) is 1.77. The average molecular weight is 211 g/mol. The van der Waals surface area contributed by atoms with Crippen molar-refractivity contribution in [3.8, 4) is 0 Å². The Hall–Kier alpha value is -2.15. The van der Waals surface area contributed by atoms with Crippen molar-refractivity contribution in [3.63, 3.8) is 0 Å². The number of nitro benzene ring substituents is 1. The van der Waals surface area contributed by atoms with E-state index in [-0.39, 0.29) is 11.3 Å². The number of esters is 1. The normalized spacial score (nSPS) is 9.47. The van der Waals surface area contributed by atoms with E-state index in [4.69, 9.17) is 5.84 Å². The first-order valence-corrected chi connectivity index (χ1v) is 3.93. The highest BCUT2D eigenvalue weighted by molar-refractivity contribution is 5.95. The van der Waals surface area contributed by atoms with Crippen LogP contribution in [0.25, 0.3) is 0 Å². The van der Waals surface area contributed by atoms with E-state index in [1.807, 2.05) is 0 Å². The minimum Gasteiger partial charge on any atom is -0.465 e. The quantitative estimate of drug-likeness (QED) is 0.329. The van der Waals surface area contributed by atoms with Crippen LogP contribution in [-0.2, 0) is 4.74 Å². The number of carbonyl (C=O) groups is 1. The Bertz CT molecular complexity index is 405. The second-order valence-corrected chi connectivity index (χ2v) is 2.62. The average Bonchev–Trinajstić information content (AvgIpc) is 2.26. The van der Waals surface area contributed by atoms with E-state index in [0.29, 0.717) is 5.69 Å². The van der Waals surface area contributed by atoms with Crippen molar-refractivity contribution in [2.24, 2.45) is 5.84 Å². The van der Waals surface area contributed by atoms with Gasteiger partial charge >= 0.3 is 5.97 Å². The number of carbonyl (C=O) groups excluding carboxylic acids is 1. The van der Waals surface area contributed by atoms with Gasteiger partial charge in [-0.15, -0.1) is 0 Å². The predicted molar refractivity (Wildman–Crippen MR) is 52.2 cm³/mol. The number of methoxy groups -OCH3 is 1. The van der Waals surface area contributed by atoms with Crippen molar-refractivity contribution >= 4 is 17.3 Å². The lowest BCUT2D eigenvalue weighted by Crippen LogP contribution is -2.10. The molecule has 3 N–H and O–H groups in total. The highest BCUT2D eigenvalue weighted by Gasteiger charge is 2.20. The van der Waals surface area contributed by atoms with Gasteiger partial charge < -0.3 is 10.2 Å². The molecule has 0 aliphatic carbocycles. The zero-order valence-electron chi connectivity index (χ0n) is 7.89. The van der Waals surface area contributed by atoms with Crippen LogP contribution in [0, 0.1) is 10.1 Å². The summed E-state index contributed by atoms with van der Waals surface area (Å²) in [5, 5.41) is 10.6. The Morgan fingerprint density at radius 1 is 1.60 bits per heavy atom. The highest BCUT2D eigenvalue weighted by Crippen LogP contribution is 2.22. The summed E-state index contributed by atoms with van der Waals surface area (Å²) >= 11 is 0. The molecule has 7 nitrogen and oxygen atoms in total. The molecule has 0 spiro atoms. The first-order chi connectivity index (χ1) is 7.10. The summed E-state index contributed by atoms with van der Waals surface area (Å²) in [4.78, 5) is 21.1. The number of benzene rings is 1. The maximum Gasteiger partial charge on any atom is 0.344 e. The van der Waals surface area contributed by atoms with Gasteiger partial charge in [-0.1, -0.05) is 0 Å². The molecule has 1 rings (SSSR count). The van der Waals surface area contributed by atoms with Crippen molar-refractivity contribution in [1.82, 2.24) is 0 Å². The summed E-state index contributed by atoms with van der Waals surface area (Å²) in [6.45, 7) is 0. The Balaban J connectivity index is 3.28. The van der Waals surface area contributed by atoms with Crippen LogP contribution in [0.2, 0.25) is 0 Å². The smallest absolute Gasteiger partial charge is 0.344 e. The minimum atomic E-state index is -0.779. The molecule has 1 aromatic rings. The molecule has 80 valence electrons. The molecule has 0 aliphatic rings. The minimum absolute atomic E-state index is 0.141. The molecule has 0 heterocycles. The molecule has 0 aromatic heterocycles. The summed E-state index contributed by atoms with van der Waals surface area (Å²) in [6.07, 6.45) is 0. The van der Waals surface area contributed by atoms with Gasteiger partial charge in [-0.25, -0.2) is 4.79 Å². The van der Waals surface area contributed by atoms with Gasteiger partial charge in [0, 0.05) is 11.8 Å². The van der Waals surface area contributed by atoms with Gasteiger partial charge in [-0.05, 0) is 12.1 Å². The molecular formula is C8H9N3O4. The molecule has 0 aliphatic heterocycles. The van der Waals surface area contributed by atoms with Crippen LogP contribution in [0.4, 0.5) is 11.4 Å². The molecule has 0 atom stereocenters. The Labute approximate surface area is 84.9 Å². The van der Waals surface area contributed by atoms with Crippen LogP contribution in [0.5, 0.6) is 0 Å². The van der Waals surface area contributed by atoms with Crippen LogP contribution in [0.1, 0.15) is 10.4 Å². The van der Waals surface area contributed by atoms with Crippen molar-refractivity contribution in [2.45, 2.75) is 0 Å². The number of hydrazine groups is 1. The summed E-state index contributed by atoms with van der Waals surface area (Å²) in [5.41, 5.74) is 2.21. The summed E-state index contributed by atoms with van der Waals surface area (Å²) < 4.78 is 4.41. The standard InChI is InChI=1S/C8H9N3O4/c1-15-8(12)6-4-5(10-9)2-3-7(6)11(13)14/h2-4,10H,9H2,1H3. The van der Waals surface area contributed by atoms with Gasteiger partial charge in [-0.2, -0.15) is 0 Å². The van der Waals surface area contributed by atoms with Gasteiger partial charge in [0.1, 0.15) is 5.56 Å². The first-order valence-electron chi connectivity index (χ1n) is 3.93. The van der Waals surface area contributed by atoms with Gasteiger partial charge in [0.2, 0.25) is 0 Å². The van der Waals surface area contributed by atoms with Gasteiger partial charge in [0.25, 0.3) is 5.69 Å². The molecule has 15 heavy (non-hydrogen) atoms. The Kier molecular flexibility index (Phi) is 3.19. The zero-order valence-corrected chi connectivity index (χ0v) is 7.89. The van der Waals surface area contributed by atoms with Gasteiger partial charge in [-0.3, -0.25) is 16.0 Å². The van der Waals surface area contributed by atoms with Crippen molar-refractivity contribution < 1.29 is 14.5 Å². The molecule has 1 aromatic carbocycles. The fourth-order valence-corrected chi connectivity index (χ4v) is 1.06. The molecule has 0 bridgehead atoms. The molecule has 0 radical (unpaired) electrons. The van der Waals surface area contributed by atoms with E-state index in [0.717, 1.165) is 7.11 Å². The monoisotopic (exact) mass is 211 g/mol. The van der Waals surface area contributed by atoms with Gasteiger partial charge in [0.05, 0.1) is 12.0 Å². The van der Waals surface area contributed by atoms with Crippen LogP contribution in [0.15, 0.2) is 18.2 Å². The number of hydrogen-bond donors (Lipinski definition) is 2. The molecular weight excluding hydrogens is 202 g/mol. The molecule has 7 heteroatoms. The lowest BCUT2D eigenvalue weighted by molar-refractivity contribution is -0.385. The zero-order chi connectivity index (χ0) is 11.4. The molecule has 0 saturated carbocycles. The van der Waals surface area contributed by atoms with E-state index in [1.54, 1.807) is 0 Å². The molecule has 0 amide bonds. The largest absolute Gasteiger partial charge is 0.465 e. The van der Waals surface area contributed by atoms with Crippen LogP contribution in [-0.4, -0.2) is 18.0 Å². The topological polar surface area (TPSA) is 107 Å². The third-order valence-electron chi connectivity index (χ3n) is 1.77. The number of nitro groups is 1. The fraction of sp³-hybridized carbons (Fsp3) is 0.125. The van der Waals surface area contributed by atoms with Crippen LogP contribution in [0.3, 0.4) is 0 Å². The summed E-state index contributed by atoms with van der Waals surface area (Å²) in [7, 11) is 1.15. The number of nitrogens with two attached hydrogens (primary N) is 1. The van der Waals surface area contributed by atoms with E-state index in [1.165, 1.54) is 18.2 Å². The van der Waals surface area contributed by atoms with Crippen molar-refractivity contribution in [3.05, 3.63) is 33.9 Å². The maximum absolute atomic E-state index is 11.2. The maximum atomic E-state index is 11.2. The van der Waals surface area contributed by atoms with Crippen LogP contribution >= 0.6 is 0 Å². The second kappa shape index (κ2) is 4.38. The number of ether oxygens (including phenoxy) is 1. The van der Waals surface area contributed by atoms with E-state index >= 15 is 0 Å². The number of nitrogen functional groups attached to an aromatic ring is 1. The lowest BCUT2D eigenvalue weighted by atomic mass is 10.1. The lowest BCUT2D eigenvalue weighted by Gasteiger charge is -2.03. The Morgan fingerprint density at radius 2 is 2.27 bits per heavy atom. The number of rotatable bonds is 3. The fourth-order valence-electron chi connectivity index (χ4n) is 1.06. The van der Waals surface area contributed by atoms with Crippen LogP contribution < -0.4 is 11.3 Å². The van der Waals surface area contributed by atoms with E-state index < -0.39 is 10.9 Å². The molecule has 0 unspecified atom stereocenters. The Morgan fingerprint density at radius 3 is 2.73 bits per heavy atom. The van der Waals surface area contributed by atoms with Gasteiger partial charge in [0.15, 0.2) is 0 Å².